The molecule has 0 atom stereocenters. The number of benzene rings is 1. The van der Waals surface area contributed by atoms with E-state index in [0.29, 0.717) is 25.1 Å². The molecule has 0 aliphatic carbocycles. The Bertz CT molecular complexity index is 873. The van der Waals surface area contributed by atoms with E-state index in [9.17, 15) is 13.2 Å². The third-order valence-electron chi connectivity index (χ3n) is 4.10. The smallest absolute Gasteiger partial charge is 0.241 e. The number of aryl methyl sites for hydroxylation is 2. The average molecular weight is 349 g/mol. The molecule has 0 spiro atoms. The Labute approximate surface area is 140 Å². The van der Waals surface area contributed by atoms with E-state index < -0.39 is 10.0 Å². The van der Waals surface area contributed by atoms with Crippen molar-refractivity contribution in [2.45, 2.75) is 31.7 Å². The van der Waals surface area contributed by atoms with Gasteiger partial charge >= 0.3 is 0 Å². The Kier molecular flexibility index (Phi) is 4.42. The fourth-order valence-corrected chi connectivity index (χ4v) is 4.00. The number of rotatable bonds is 4. The molecule has 3 rings (SSSR count). The van der Waals surface area contributed by atoms with Gasteiger partial charge < -0.3 is 9.42 Å². The molecule has 7 nitrogen and oxygen atoms in total. The molecule has 1 aromatic heterocycles. The highest BCUT2D eigenvalue weighted by Crippen LogP contribution is 2.19. The van der Waals surface area contributed by atoms with E-state index in [2.05, 4.69) is 9.88 Å². The van der Waals surface area contributed by atoms with Crippen LogP contribution < -0.4 is 4.72 Å². The highest BCUT2D eigenvalue weighted by molar-refractivity contribution is 7.89. The van der Waals surface area contributed by atoms with Crippen molar-refractivity contribution in [3.63, 3.8) is 0 Å². The summed E-state index contributed by atoms with van der Waals surface area (Å²) in [7, 11) is -3.73. The highest BCUT2D eigenvalue weighted by Gasteiger charge is 2.25. The summed E-state index contributed by atoms with van der Waals surface area (Å²) in [6.45, 7) is 4.17. The molecule has 8 heteroatoms. The lowest BCUT2D eigenvalue weighted by atomic mass is 10.1. The molecule has 0 saturated heterocycles. The Hall–Kier alpha value is -2.19. The molecule has 1 aliphatic heterocycles. The van der Waals surface area contributed by atoms with Crippen LogP contribution >= 0.6 is 0 Å². The maximum absolute atomic E-state index is 12.4. The molecule has 1 N–H and O–H groups in total. The van der Waals surface area contributed by atoms with E-state index in [1.807, 2.05) is 13.0 Å². The third-order valence-corrected chi connectivity index (χ3v) is 5.64. The zero-order valence-corrected chi connectivity index (χ0v) is 14.4. The van der Waals surface area contributed by atoms with Crippen LogP contribution in [0.25, 0.3) is 0 Å². The van der Waals surface area contributed by atoms with Crippen molar-refractivity contribution >= 4 is 15.9 Å². The van der Waals surface area contributed by atoms with Crippen molar-refractivity contribution in [1.82, 2.24) is 14.8 Å². The van der Waals surface area contributed by atoms with Crippen molar-refractivity contribution in [3.05, 3.63) is 46.8 Å². The maximum atomic E-state index is 12.4. The highest BCUT2D eigenvalue weighted by atomic mass is 32.2. The standard InChI is InChI=1S/C16H19N3O4S/c1-11-3-4-12(2)15(7-11)24(21,22)18-9-16(20)19-6-5-14-13(10-19)8-17-23-14/h3-4,7-8,18H,5-6,9-10H2,1-2H3. The van der Waals surface area contributed by atoms with Crippen LogP contribution in [0.3, 0.4) is 0 Å². The number of carbonyl (C=O) groups is 1. The summed E-state index contributed by atoms with van der Waals surface area (Å²) in [4.78, 5) is 14.1. The van der Waals surface area contributed by atoms with Gasteiger partial charge in [0.1, 0.15) is 5.76 Å². The molecule has 0 unspecified atom stereocenters. The predicted molar refractivity (Wildman–Crippen MR) is 86.7 cm³/mol. The van der Waals surface area contributed by atoms with E-state index in [-0.39, 0.29) is 17.3 Å². The van der Waals surface area contributed by atoms with E-state index in [0.717, 1.165) is 16.9 Å². The quantitative estimate of drug-likeness (QED) is 0.894. The van der Waals surface area contributed by atoms with Crippen LogP contribution in [-0.2, 0) is 27.8 Å². The summed E-state index contributed by atoms with van der Waals surface area (Å²) in [6.07, 6.45) is 2.18. The van der Waals surface area contributed by atoms with Gasteiger partial charge in [0.2, 0.25) is 15.9 Å². The van der Waals surface area contributed by atoms with Gasteiger partial charge in [-0.05, 0) is 31.0 Å². The van der Waals surface area contributed by atoms with Crippen molar-refractivity contribution in [2.75, 3.05) is 13.1 Å². The maximum Gasteiger partial charge on any atom is 0.241 e. The molecule has 128 valence electrons. The molecule has 2 heterocycles. The van der Waals surface area contributed by atoms with Crippen LogP contribution in [0.5, 0.6) is 0 Å². The molecule has 0 bridgehead atoms. The third kappa shape index (κ3) is 3.34. The summed E-state index contributed by atoms with van der Waals surface area (Å²) in [5.74, 6) is 0.519. The SMILES string of the molecule is Cc1ccc(C)c(S(=O)(=O)NCC(=O)N2CCc3oncc3C2)c1. The van der Waals surface area contributed by atoms with Gasteiger partial charge in [-0.25, -0.2) is 13.1 Å². The Morgan fingerprint density at radius 1 is 1.38 bits per heavy atom. The first-order chi connectivity index (χ1) is 11.4. The fraction of sp³-hybridized carbons (Fsp3) is 0.375. The second-order valence-corrected chi connectivity index (χ2v) is 7.67. The lowest BCUT2D eigenvalue weighted by Crippen LogP contribution is -2.42. The van der Waals surface area contributed by atoms with Gasteiger partial charge in [0, 0.05) is 18.5 Å². The molecule has 24 heavy (non-hydrogen) atoms. The topological polar surface area (TPSA) is 92.5 Å². The van der Waals surface area contributed by atoms with Crippen LogP contribution in [0, 0.1) is 13.8 Å². The minimum atomic E-state index is -3.73. The second kappa shape index (κ2) is 6.37. The number of hydrogen-bond donors (Lipinski definition) is 1. The van der Waals surface area contributed by atoms with E-state index >= 15 is 0 Å². The van der Waals surface area contributed by atoms with Crippen LogP contribution in [0.15, 0.2) is 33.8 Å². The van der Waals surface area contributed by atoms with Gasteiger partial charge in [-0.15, -0.1) is 0 Å². The van der Waals surface area contributed by atoms with Gasteiger partial charge in [-0.2, -0.15) is 0 Å². The first-order valence-corrected chi connectivity index (χ1v) is 9.12. The minimum absolute atomic E-state index is 0.204. The summed E-state index contributed by atoms with van der Waals surface area (Å²) < 4.78 is 32.4. The van der Waals surface area contributed by atoms with Crippen molar-refractivity contribution in [2.24, 2.45) is 0 Å². The Balaban J connectivity index is 1.67. The number of hydrogen-bond acceptors (Lipinski definition) is 5. The van der Waals surface area contributed by atoms with Gasteiger partial charge in [0.05, 0.1) is 24.2 Å². The summed E-state index contributed by atoms with van der Waals surface area (Å²) in [5.41, 5.74) is 2.36. The van der Waals surface area contributed by atoms with Crippen LogP contribution in [0.2, 0.25) is 0 Å². The van der Waals surface area contributed by atoms with Gasteiger partial charge in [0.15, 0.2) is 0 Å². The number of aromatic nitrogens is 1. The Morgan fingerprint density at radius 3 is 2.96 bits per heavy atom. The molecular weight excluding hydrogens is 330 g/mol. The van der Waals surface area contributed by atoms with E-state index in [4.69, 9.17) is 4.52 Å². The zero-order chi connectivity index (χ0) is 17.3. The molecule has 0 radical (unpaired) electrons. The summed E-state index contributed by atoms with van der Waals surface area (Å²) in [6, 6.07) is 5.21. The summed E-state index contributed by atoms with van der Waals surface area (Å²) >= 11 is 0. The number of carbonyl (C=O) groups excluding carboxylic acids is 1. The first-order valence-electron chi connectivity index (χ1n) is 7.64. The molecule has 1 aromatic carbocycles. The molecular formula is C16H19N3O4S. The fourth-order valence-electron chi connectivity index (χ4n) is 2.70. The summed E-state index contributed by atoms with van der Waals surface area (Å²) in [5, 5.41) is 3.72. The Morgan fingerprint density at radius 2 is 2.17 bits per heavy atom. The van der Waals surface area contributed by atoms with Crippen LogP contribution in [0.4, 0.5) is 0 Å². The van der Waals surface area contributed by atoms with Crippen molar-refractivity contribution in [3.8, 4) is 0 Å². The molecule has 1 amide bonds. The monoisotopic (exact) mass is 349 g/mol. The second-order valence-electron chi connectivity index (χ2n) is 5.93. The number of sulfonamides is 1. The molecule has 0 saturated carbocycles. The number of amides is 1. The lowest BCUT2D eigenvalue weighted by molar-refractivity contribution is -0.130. The van der Waals surface area contributed by atoms with Crippen LogP contribution in [-0.4, -0.2) is 37.5 Å². The van der Waals surface area contributed by atoms with Gasteiger partial charge in [-0.1, -0.05) is 17.3 Å². The molecule has 2 aromatic rings. The molecule has 1 aliphatic rings. The molecule has 0 fully saturated rings. The van der Waals surface area contributed by atoms with Crippen molar-refractivity contribution in [1.29, 1.82) is 0 Å². The normalized spacial score (nSPS) is 14.5. The number of nitrogens with one attached hydrogen (secondary N) is 1. The zero-order valence-electron chi connectivity index (χ0n) is 13.6. The lowest BCUT2D eigenvalue weighted by Gasteiger charge is -2.25. The predicted octanol–water partition coefficient (Wildman–Crippen LogP) is 1.15. The largest absolute Gasteiger partial charge is 0.361 e. The first kappa shape index (κ1) is 16.7. The van der Waals surface area contributed by atoms with Gasteiger partial charge in [-0.3, -0.25) is 4.79 Å². The average Bonchev–Trinajstić information content (AvgIpc) is 3.02. The minimum Gasteiger partial charge on any atom is -0.361 e. The van der Waals surface area contributed by atoms with Gasteiger partial charge in [0.25, 0.3) is 0 Å². The number of fused-ring (bicyclic) bond motifs is 1. The van der Waals surface area contributed by atoms with Crippen LogP contribution in [0.1, 0.15) is 22.5 Å². The van der Waals surface area contributed by atoms with E-state index in [1.54, 1.807) is 30.2 Å². The number of nitrogens with zero attached hydrogens (tertiary/aromatic N) is 2. The van der Waals surface area contributed by atoms with Crippen molar-refractivity contribution < 1.29 is 17.7 Å². The van der Waals surface area contributed by atoms with E-state index in [1.165, 1.54) is 0 Å².